The molecular weight excluding hydrogens is 171 g/mol. The van der Waals surface area contributed by atoms with Gasteiger partial charge in [0.1, 0.15) is 0 Å². The summed E-state index contributed by atoms with van der Waals surface area (Å²) in [4.78, 5) is 10.2. The summed E-state index contributed by atoms with van der Waals surface area (Å²) in [5.74, 6) is -0.745. The van der Waals surface area contributed by atoms with Crippen LogP contribution >= 0.6 is 9.24 Å². The standard InChI is InChI=1S/C9H11O2P/c10-9(11)6-3-7-1-4-8(12)5-2-7/h1-2,4-5H,3,6,12H2,(H,10,11). The maximum atomic E-state index is 10.2. The summed E-state index contributed by atoms with van der Waals surface area (Å²) in [6, 6.07) is 7.82. The molecule has 12 heavy (non-hydrogen) atoms. The number of hydrogen-bond acceptors (Lipinski definition) is 1. The van der Waals surface area contributed by atoms with Crippen molar-refractivity contribution in [1.82, 2.24) is 0 Å². The zero-order valence-corrected chi connectivity index (χ0v) is 7.81. The minimum atomic E-state index is -0.745. The molecule has 1 aromatic carbocycles. The summed E-state index contributed by atoms with van der Waals surface area (Å²) < 4.78 is 0. The van der Waals surface area contributed by atoms with E-state index in [-0.39, 0.29) is 6.42 Å². The first-order valence-corrected chi connectivity index (χ1v) is 4.32. The van der Waals surface area contributed by atoms with Crippen LogP contribution in [0.2, 0.25) is 0 Å². The van der Waals surface area contributed by atoms with E-state index < -0.39 is 5.97 Å². The fraction of sp³-hybridized carbons (Fsp3) is 0.222. The van der Waals surface area contributed by atoms with Gasteiger partial charge in [0.2, 0.25) is 0 Å². The van der Waals surface area contributed by atoms with Crippen LogP contribution in [0.25, 0.3) is 0 Å². The van der Waals surface area contributed by atoms with Gasteiger partial charge in [-0.1, -0.05) is 24.3 Å². The summed E-state index contributed by atoms with van der Waals surface area (Å²) in [6.07, 6.45) is 0.816. The molecule has 0 spiro atoms. The number of benzene rings is 1. The zero-order valence-electron chi connectivity index (χ0n) is 6.66. The van der Waals surface area contributed by atoms with E-state index in [1.54, 1.807) is 0 Å². The average Bonchev–Trinajstić information content (AvgIpc) is 2.03. The molecule has 0 aromatic heterocycles. The number of aliphatic carboxylic acids is 1. The molecule has 0 amide bonds. The molecule has 0 aliphatic carbocycles. The molecule has 1 unspecified atom stereocenters. The van der Waals surface area contributed by atoms with Crippen LogP contribution in [0.5, 0.6) is 0 Å². The molecule has 2 nitrogen and oxygen atoms in total. The predicted octanol–water partition coefficient (Wildman–Crippen LogP) is 1.20. The van der Waals surface area contributed by atoms with Crippen molar-refractivity contribution >= 4 is 20.5 Å². The molecule has 1 N–H and O–H groups in total. The van der Waals surface area contributed by atoms with Crippen LogP contribution in [-0.2, 0) is 11.2 Å². The molecule has 0 fully saturated rings. The predicted molar refractivity (Wildman–Crippen MR) is 51.7 cm³/mol. The maximum absolute atomic E-state index is 10.2. The third-order valence-electron chi connectivity index (χ3n) is 1.61. The van der Waals surface area contributed by atoms with Crippen LogP contribution in [0.1, 0.15) is 12.0 Å². The Morgan fingerprint density at radius 1 is 1.33 bits per heavy atom. The minimum absolute atomic E-state index is 0.205. The normalized spacial score (nSPS) is 9.75. The minimum Gasteiger partial charge on any atom is -0.481 e. The highest BCUT2D eigenvalue weighted by Gasteiger charge is 1.97. The third kappa shape index (κ3) is 3.02. The Labute approximate surface area is 73.8 Å². The Balaban J connectivity index is 2.53. The number of rotatable bonds is 3. The van der Waals surface area contributed by atoms with Gasteiger partial charge >= 0.3 is 5.97 Å². The molecule has 0 aliphatic heterocycles. The van der Waals surface area contributed by atoms with Gasteiger partial charge in [-0.05, 0) is 17.3 Å². The second-order valence-electron chi connectivity index (χ2n) is 2.64. The SMILES string of the molecule is O=C(O)CCc1ccc(P)cc1. The average molecular weight is 182 g/mol. The third-order valence-corrected chi connectivity index (χ3v) is 1.99. The van der Waals surface area contributed by atoms with Crippen LogP contribution in [0.3, 0.4) is 0 Å². The number of carboxylic acids is 1. The molecule has 0 saturated carbocycles. The molecule has 64 valence electrons. The Morgan fingerprint density at radius 2 is 1.92 bits per heavy atom. The summed E-state index contributed by atoms with van der Waals surface area (Å²) >= 11 is 0. The molecule has 0 bridgehead atoms. The lowest BCUT2D eigenvalue weighted by Gasteiger charge is -1.98. The largest absolute Gasteiger partial charge is 0.481 e. The lowest BCUT2D eigenvalue weighted by Crippen LogP contribution is -1.98. The van der Waals surface area contributed by atoms with Gasteiger partial charge in [0.25, 0.3) is 0 Å². The van der Waals surface area contributed by atoms with E-state index in [1.165, 1.54) is 0 Å². The van der Waals surface area contributed by atoms with E-state index in [0.29, 0.717) is 6.42 Å². The number of carboxylic acid groups (broad SMARTS) is 1. The Kier molecular flexibility index (Phi) is 3.24. The molecule has 3 heteroatoms. The number of hydrogen-bond donors (Lipinski definition) is 1. The molecule has 1 rings (SSSR count). The van der Waals surface area contributed by atoms with Crippen molar-refractivity contribution < 1.29 is 9.90 Å². The van der Waals surface area contributed by atoms with Gasteiger partial charge in [-0.25, -0.2) is 0 Å². The highest BCUT2D eigenvalue weighted by atomic mass is 31.0. The van der Waals surface area contributed by atoms with E-state index in [0.717, 1.165) is 10.9 Å². The molecule has 0 aliphatic rings. The number of aryl methyl sites for hydroxylation is 1. The van der Waals surface area contributed by atoms with E-state index >= 15 is 0 Å². The van der Waals surface area contributed by atoms with Gasteiger partial charge in [-0.3, -0.25) is 4.79 Å². The Bertz CT molecular complexity index is 266. The first-order valence-electron chi connectivity index (χ1n) is 3.74. The van der Waals surface area contributed by atoms with Crippen LogP contribution < -0.4 is 5.30 Å². The van der Waals surface area contributed by atoms with Crippen molar-refractivity contribution in [3.63, 3.8) is 0 Å². The van der Waals surface area contributed by atoms with Gasteiger partial charge in [0.05, 0.1) is 0 Å². The fourth-order valence-electron chi connectivity index (χ4n) is 0.936. The lowest BCUT2D eigenvalue weighted by atomic mass is 10.1. The van der Waals surface area contributed by atoms with E-state index in [2.05, 4.69) is 9.24 Å². The van der Waals surface area contributed by atoms with Gasteiger partial charge in [-0.15, -0.1) is 9.24 Å². The summed E-state index contributed by atoms with van der Waals surface area (Å²) in [7, 11) is 2.59. The highest BCUT2D eigenvalue weighted by molar-refractivity contribution is 7.27. The van der Waals surface area contributed by atoms with Crippen molar-refractivity contribution in [2.45, 2.75) is 12.8 Å². The van der Waals surface area contributed by atoms with Crippen molar-refractivity contribution in [3.8, 4) is 0 Å². The van der Waals surface area contributed by atoms with E-state index in [9.17, 15) is 4.79 Å². The summed E-state index contributed by atoms with van der Waals surface area (Å²) in [5, 5.41) is 9.54. The topological polar surface area (TPSA) is 37.3 Å². The second kappa shape index (κ2) is 4.22. The van der Waals surface area contributed by atoms with Crippen molar-refractivity contribution in [2.75, 3.05) is 0 Å². The molecule has 1 aromatic rings. The van der Waals surface area contributed by atoms with Crippen molar-refractivity contribution in [3.05, 3.63) is 29.8 Å². The van der Waals surface area contributed by atoms with Crippen LogP contribution in [0, 0.1) is 0 Å². The van der Waals surface area contributed by atoms with Gasteiger partial charge in [-0.2, -0.15) is 0 Å². The Morgan fingerprint density at radius 3 is 2.42 bits per heavy atom. The van der Waals surface area contributed by atoms with E-state index in [1.807, 2.05) is 24.3 Å². The maximum Gasteiger partial charge on any atom is 0.303 e. The van der Waals surface area contributed by atoms with Crippen molar-refractivity contribution in [1.29, 1.82) is 0 Å². The molecule has 0 radical (unpaired) electrons. The lowest BCUT2D eigenvalue weighted by molar-refractivity contribution is -0.136. The molecule has 1 atom stereocenters. The second-order valence-corrected chi connectivity index (χ2v) is 3.30. The van der Waals surface area contributed by atoms with Crippen LogP contribution in [0.4, 0.5) is 0 Å². The van der Waals surface area contributed by atoms with E-state index in [4.69, 9.17) is 5.11 Å². The van der Waals surface area contributed by atoms with Crippen LogP contribution in [0.15, 0.2) is 24.3 Å². The van der Waals surface area contributed by atoms with Gasteiger partial charge in [0, 0.05) is 6.42 Å². The molecule has 0 saturated heterocycles. The first kappa shape index (κ1) is 9.21. The van der Waals surface area contributed by atoms with Crippen LogP contribution in [-0.4, -0.2) is 11.1 Å². The number of carbonyl (C=O) groups is 1. The smallest absolute Gasteiger partial charge is 0.303 e. The summed E-state index contributed by atoms with van der Waals surface area (Å²) in [5.41, 5.74) is 1.07. The first-order chi connectivity index (χ1) is 5.68. The van der Waals surface area contributed by atoms with Gasteiger partial charge in [0.15, 0.2) is 0 Å². The molecule has 0 heterocycles. The molecular formula is C9H11O2P. The monoisotopic (exact) mass is 182 g/mol. The zero-order chi connectivity index (χ0) is 8.97. The fourth-order valence-corrected chi connectivity index (χ4v) is 1.13. The highest BCUT2D eigenvalue weighted by Crippen LogP contribution is 2.02. The quantitative estimate of drug-likeness (QED) is 0.713. The Hall–Kier alpha value is -0.880. The van der Waals surface area contributed by atoms with Crippen molar-refractivity contribution in [2.24, 2.45) is 0 Å². The summed E-state index contributed by atoms with van der Waals surface area (Å²) in [6.45, 7) is 0. The van der Waals surface area contributed by atoms with Gasteiger partial charge < -0.3 is 5.11 Å².